The first-order valence-electron chi connectivity index (χ1n) is 5.23. The molecule has 0 heterocycles. The predicted octanol–water partition coefficient (Wildman–Crippen LogP) is 1.49. The predicted molar refractivity (Wildman–Crippen MR) is 69.6 cm³/mol. The fourth-order valence-electron chi connectivity index (χ4n) is 1.04. The first kappa shape index (κ1) is 15.9. The summed E-state index contributed by atoms with van der Waals surface area (Å²) < 4.78 is 21.5. The molecule has 0 aliphatic heterocycles. The molecule has 16 heavy (non-hydrogen) atoms. The number of rotatable bonds is 6. The van der Waals surface area contributed by atoms with Gasteiger partial charge in [0.1, 0.15) is 4.75 Å². The second-order valence-electron chi connectivity index (χ2n) is 4.34. The number of amides is 1. The Labute approximate surface area is 106 Å². The molecule has 0 aliphatic rings. The van der Waals surface area contributed by atoms with E-state index in [1.165, 1.54) is 13.8 Å². The van der Waals surface area contributed by atoms with E-state index in [2.05, 4.69) is 21.2 Å². The van der Waals surface area contributed by atoms with Crippen molar-refractivity contribution in [3.05, 3.63) is 0 Å². The van der Waals surface area contributed by atoms with Gasteiger partial charge in [-0.3, -0.25) is 4.79 Å². The molecule has 0 spiro atoms. The normalized spacial score (nSPS) is 14.6. The fraction of sp³-hybridized carbons (Fsp3) is 0.900. The highest BCUT2D eigenvalue weighted by Crippen LogP contribution is 2.16. The summed E-state index contributed by atoms with van der Waals surface area (Å²) in [4.78, 5) is 11.8. The first-order valence-corrected chi connectivity index (χ1v) is 8.24. The van der Waals surface area contributed by atoms with E-state index in [0.717, 1.165) is 24.4 Å². The highest BCUT2D eigenvalue weighted by atomic mass is 79.9. The Morgan fingerprint density at radius 2 is 1.94 bits per heavy atom. The number of halogens is 1. The molecule has 1 unspecified atom stereocenters. The molecular weight excluding hydrogens is 294 g/mol. The van der Waals surface area contributed by atoms with Crippen LogP contribution in [0.3, 0.4) is 0 Å². The van der Waals surface area contributed by atoms with Crippen molar-refractivity contribution in [2.45, 2.75) is 44.4 Å². The molecule has 0 radical (unpaired) electrons. The van der Waals surface area contributed by atoms with Crippen LogP contribution in [0.4, 0.5) is 0 Å². The van der Waals surface area contributed by atoms with Crippen LogP contribution in [-0.4, -0.2) is 36.7 Å². The van der Waals surface area contributed by atoms with Crippen LogP contribution in [0.5, 0.6) is 0 Å². The van der Waals surface area contributed by atoms with Gasteiger partial charge in [0.25, 0.3) is 0 Å². The van der Waals surface area contributed by atoms with Crippen LogP contribution < -0.4 is 5.32 Å². The van der Waals surface area contributed by atoms with Gasteiger partial charge in [-0.15, -0.1) is 0 Å². The monoisotopic (exact) mass is 313 g/mol. The molecule has 0 saturated heterocycles. The van der Waals surface area contributed by atoms with E-state index in [1.807, 2.05) is 6.92 Å². The maximum Gasteiger partial charge on any atom is 0.241 e. The molecule has 1 atom stereocenters. The van der Waals surface area contributed by atoms with E-state index in [9.17, 15) is 13.2 Å². The lowest BCUT2D eigenvalue weighted by Crippen LogP contribution is -2.50. The SMILES string of the molecule is CCC(CCBr)NC(=O)C(C)(C)S(C)(=O)=O. The number of hydrogen-bond acceptors (Lipinski definition) is 3. The molecule has 0 rings (SSSR count). The third-order valence-electron chi connectivity index (χ3n) is 2.76. The molecule has 0 aromatic rings. The maximum atomic E-state index is 11.8. The van der Waals surface area contributed by atoms with Crippen LogP contribution >= 0.6 is 15.9 Å². The molecule has 0 saturated carbocycles. The Hall–Kier alpha value is -0.100. The molecule has 4 nitrogen and oxygen atoms in total. The average molecular weight is 314 g/mol. The van der Waals surface area contributed by atoms with Gasteiger partial charge in [-0.05, 0) is 26.7 Å². The van der Waals surface area contributed by atoms with Crippen LogP contribution in [0, 0.1) is 0 Å². The highest BCUT2D eigenvalue weighted by molar-refractivity contribution is 9.09. The summed E-state index contributed by atoms with van der Waals surface area (Å²) in [5, 5.41) is 3.55. The molecule has 96 valence electrons. The van der Waals surface area contributed by atoms with Crippen molar-refractivity contribution in [3.63, 3.8) is 0 Å². The second kappa shape index (κ2) is 6.00. The van der Waals surface area contributed by atoms with Gasteiger partial charge < -0.3 is 5.32 Å². The van der Waals surface area contributed by atoms with Crippen molar-refractivity contribution >= 4 is 31.7 Å². The third-order valence-corrected chi connectivity index (χ3v) is 5.26. The Kier molecular flexibility index (Phi) is 5.96. The van der Waals surface area contributed by atoms with Gasteiger partial charge in [0.05, 0.1) is 0 Å². The quantitative estimate of drug-likeness (QED) is 0.756. The minimum Gasteiger partial charge on any atom is -0.352 e. The zero-order valence-electron chi connectivity index (χ0n) is 10.2. The van der Waals surface area contributed by atoms with Crippen molar-refractivity contribution in [3.8, 4) is 0 Å². The Morgan fingerprint density at radius 3 is 2.25 bits per heavy atom. The fourth-order valence-corrected chi connectivity index (χ4v) is 1.99. The van der Waals surface area contributed by atoms with E-state index in [1.54, 1.807) is 0 Å². The summed E-state index contributed by atoms with van der Waals surface area (Å²) in [6, 6.07) is 0.0212. The third kappa shape index (κ3) is 4.05. The summed E-state index contributed by atoms with van der Waals surface area (Å²) in [6.45, 7) is 4.82. The Bertz CT molecular complexity index is 338. The number of carbonyl (C=O) groups excluding carboxylic acids is 1. The van der Waals surface area contributed by atoms with Crippen molar-refractivity contribution in [2.24, 2.45) is 0 Å². The maximum absolute atomic E-state index is 11.8. The van der Waals surface area contributed by atoms with Crippen molar-refractivity contribution in [1.82, 2.24) is 5.32 Å². The van der Waals surface area contributed by atoms with Gasteiger partial charge in [0.2, 0.25) is 5.91 Å². The summed E-state index contributed by atoms with van der Waals surface area (Å²) in [6.07, 6.45) is 2.66. The molecule has 1 N–H and O–H groups in total. The van der Waals surface area contributed by atoms with Crippen LogP contribution in [0.2, 0.25) is 0 Å². The molecule has 1 amide bonds. The topological polar surface area (TPSA) is 63.2 Å². The van der Waals surface area contributed by atoms with Gasteiger partial charge in [-0.2, -0.15) is 0 Å². The summed E-state index contributed by atoms with van der Waals surface area (Å²) in [5.74, 6) is -0.428. The van der Waals surface area contributed by atoms with Gasteiger partial charge in [0.15, 0.2) is 9.84 Å². The molecule has 0 bridgehead atoms. The minimum atomic E-state index is -3.39. The summed E-state index contributed by atoms with van der Waals surface area (Å²) in [7, 11) is -3.39. The number of alkyl halides is 1. The van der Waals surface area contributed by atoms with Crippen molar-refractivity contribution in [1.29, 1.82) is 0 Å². The molecule has 0 aromatic carbocycles. The van der Waals surface area contributed by atoms with Gasteiger partial charge in [-0.1, -0.05) is 22.9 Å². The minimum absolute atomic E-state index is 0.0212. The standard InChI is InChI=1S/C10H20BrNO3S/c1-5-8(6-7-11)12-9(13)10(2,3)16(4,14)15/h8H,5-7H2,1-4H3,(H,12,13). The van der Waals surface area contributed by atoms with Gasteiger partial charge in [0, 0.05) is 17.6 Å². The van der Waals surface area contributed by atoms with Crippen LogP contribution in [-0.2, 0) is 14.6 Å². The number of hydrogen-bond donors (Lipinski definition) is 1. The van der Waals surface area contributed by atoms with E-state index in [-0.39, 0.29) is 6.04 Å². The van der Waals surface area contributed by atoms with E-state index in [0.29, 0.717) is 0 Å². The zero-order valence-corrected chi connectivity index (χ0v) is 12.6. The second-order valence-corrected chi connectivity index (χ2v) is 7.70. The van der Waals surface area contributed by atoms with Gasteiger partial charge in [-0.25, -0.2) is 8.42 Å². The zero-order chi connectivity index (χ0) is 13.0. The molecule has 0 aliphatic carbocycles. The number of sulfone groups is 1. The smallest absolute Gasteiger partial charge is 0.241 e. The molecular formula is C10H20BrNO3S. The van der Waals surface area contributed by atoms with E-state index in [4.69, 9.17) is 0 Å². The molecule has 6 heteroatoms. The van der Waals surface area contributed by atoms with Crippen LogP contribution in [0.25, 0.3) is 0 Å². The van der Waals surface area contributed by atoms with Crippen molar-refractivity contribution in [2.75, 3.05) is 11.6 Å². The number of carbonyl (C=O) groups is 1. The van der Waals surface area contributed by atoms with E-state index < -0.39 is 20.5 Å². The first-order chi connectivity index (χ1) is 7.16. The molecule has 0 aromatic heterocycles. The Balaban J connectivity index is 4.69. The summed E-state index contributed by atoms with van der Waals surface area (Å²) in [5.41, 5.74) is 0. The molecule has 0 fully saturated rings. The lowest BCUT2D eigenvalue weighted by Gasteiger charge is -2.25. The van der Waals surface area contributed by atoms with Crippen molar-refractivity contribution < 1.29 is 13.2 Å². The van der Waals surface area contributed by atoms with Crippen LogP contribution in [0.1, 0.15) is 33.6 Å². The largest absolute Gasteiger partial charge is 0.352 e. The average Bonchev–Trinajstić information content (AvgIpc) is 2.15. The van der Waals surface area contributed by atoms with E-state index >= 15 is 0 Å². The highest BCUT2D eigenvalue weighted by Gasteiger charge is 2.38. The van der Waals surface area contributed by atoms with Crippen LogP contribution in [0.15, 0.2) is 0 Å². The lowest BCUT2D eigenvalue weighted by atomic mass is 10.1. The van der Waals surface area contributed by atoms with Gasteiger partial charge >= 0.3 is 0 Å². The summed E-state index contributed by atoms with van der Waals surface area (Å²) >= 11 is 3.30. The number of nitrogens with one attached hydrogen (secondary N) is 1. The Morgan fingerprint density at radius 1 is 1.44 bits per heavy atom. The lowest BCUT2D eigenvalue weighted by molar-refractivity contribution is -0.123.